The van der Waals surface area contributed by atoms with Crippen molar-refractivity contribution in [1.29, 1.82) is 0 Å². The SMILES string of the molecule is CCC[C@@]1(CO)CN(C(=O)c2ccc3ccccc3c2)CC[C@H]1O. The van der Waals surface area contributed by atoms with Gasteiger partial charge in [0.15, 0.2) is 0 Å². The van der Waals surface area contributed by atoms with Crippen LogP contribution in [0.2, 0.25) is 0 Å². The van der Waals surface area contributed by atoms with E-state index in [0.717, 1.165) is 17.2 Å². The molecule has 3 rings (SSSR count). The van der Waals surface area contributed by atoms with Crippen LogP contribution in [0.4, 0.5) is 0 Å². The number of likely N-dealkylation sites (tertiary alicyclic amines) is 1. The summed E-state index contributed by atoms with van der Waals surface area (Å²) in [6.45, 7) is 2.88. The molecule has 0 radical (unpaired) electrons. The van der Waals surface area contributed by atoms with Crippen molar-refractivity contribution in [3.05, 3.63) is 48.0 Å². The van der Waals surface area contributed by atoms with Gasteiger partial charge in [0.2, 0.25) is 0 Å². The molecule has 1 aliphatic rings. The first-order valence-electron chi connectivity index (χ1n) is 8.66. The highest BCUT2D eigenvalue weighted by molar-refractivity contribution is 5.98. The van der Waals surface area contributed by atoms with Crippen LogP contribution < -0.4 is 0 Å². The van der Waals surface area contributed by atoms with E-state index in [2.05, 4.69) is 0 Å². The summed E-state index contributed by atoms with van der Waals surface area (Å²) in [5.41, 5.74) is 0.0629. The first-order valence-corrected chi connectivity index (χ1v) is 8.66. The Balaban J connectivity index is 1.85. The van der Waals surface area contributed by atoms with E-state index >= 15 is 0 Å². The van der Waals surface area contributed by atoms with Crippen molar-refractivity contribution in [1.82, 2.24) is 4.90 Å². The molecule has 0 unspecified atom stereocenters. The number of amides is 1. The first-order chi connectivity index (χ1) is 11.6. The molecule has 4 heteroatoms. The van der Waals surface area contributed by atoms with Gasteiger partial charge in [-0.2, -0.15) is 0 Å². The summed E-state index contributed by atoms with van der Waals surface area (Å²) in [4.78, 5) is 14.7. The highest BCUT2D eigenvalue weighted by atomic mass is 16.3. The molecule has 0 aromatic heterocycles. The van der Waals surface area contributed by atoms with E-state index in [9.17, 15) is 15.0 Å². The molecule has 2 atom stereocenters. The van der Waals surface area contributed by atoms with Gasteiger partial charge in [-0.25, -0.2) is 0 Å². The summed E-state index contributed by atoms with van der Waals surface area (Å²) >= 11 is 0. The molecule has 4 nitrogen and oxygen atoms in total. The lowest BCUT2D eigenvalue weighted by atomic mass is 9.74. The quantitative estimate of drug-likeness (QED) is 0.908. The Bertz CT molecular complexity index is 730. The van der Waals surface area contributed by atoms with Crippen LogP contribution >= 0.6 is 0 Å². The van der Waals surface area contributed by atoms with Gasteiger partial charge in [0.1, 0.15) is 0 Å². The molecular weight excluding hydrogens is 302 g/mol. The molecule has 1 amide bonds. The maximum absolute atomic E-state index is 12.9. The van der Waals surface area contributed by atoms with Crippen LogP contribution in [-0.4, -0.2) is 46.8 Å². The first kappa shape index (κ1) is 16.9. The lowest BCUT2D eigenvalue weighted by Crippen LogP contribution is -2.55. The highest BCUT2D eigenvalue weighted by Crippen LogP contribution is 2.35. The smallest absolute Gasteiger partial charge is 0.253 e. The average Bonchev–Trinajstić information content (AvgIpc) is 2.62. The van der Waals surface area contributed by atoms with Gasteiger partial charge >= 0.3 is 0 Å². The van der Waals surface area contributed by atoms with Gasteiger partial charge in [0.25, 0.3) is 5.91 Å². The molecule has 0 bridgehead atoms. The second-order valence-corrected chi connectivity index (χ2v) is 6.86. The van der Waals surface area contributed by atoms with Gasteiger partial charge in [-0.05, 0) is 35.7 Å². The molecule has 0 saturated carbocycles. The standard InChI is InChI=1S/C20H25NO3/c1-2-10-20(14-22)13-21(11-9-18(20)23)19(24)17-8-7-15-5-3-4-6-16(15)12-17/h3-8,12,18,22-23H,2,9-11,13-14H2,1H3/t18-,20+/m1/s1. The van der Waals surface area contributed by atoms with E-state index in [-0.39, 0.29) is 12.5 Å². The van der Waals surface area contributed by atoms with E-state index in [1.54, 1.807) is 4.90 Å². The predicted molar refractivity (Wildman–Crippen MR) is 94.9 cm³/mol. The minimum absolute atomic E-state index is 0.0263. The molecule has 1 aliphatic heterocycles. The number of hydrogen-bond acceptors (Lipinski definition) is 3. The zero-order valence-corrected chi connectivity index (χ0v) is 14.1. The topological polar surface area (TPSA) is 60.8 Å². The third-order valence-corrected chi connectivity index (χ3v) is 5.23. The number of benzene rings is 2. The molecule has 1 heterocycles. The maximum Gasteiger partial charge on any atom is 0.253 e. The van der Waals surface area contributed by atoms with Crippen molar-refractivity contribution in [2.24, 2.45) is 5.41 Å². The van der Waals surface area contributed by atoms with E-state index in [0.29, 0.717) is 31.5 Å². The molecule has 24 heavy (non-hydrogen) atoms. The number of piperidine rings is 1. The molecule has 0 aliphatic carbocycles. The summed E-state index contributed by atoms with van der Waals surface area (Å²) in [6, 6.07) is 13.7. The van der Waals surface area contributed by atoms with E-state index in [1.165, 1.54) is 0 Å². The summed E-state index contributed by atoms with van der Waals surface area (Å²) in [5, 5.41) is 22.4. The zero-order chi connectivity index (χ0) is 17.2. The normalized spacial score (nSPS) is 24.3. The van der Waals surface area contributed by atoms with Crippen molar-refractivity contribution in [3.8, 4) is 0 Å². The fourth-order valence-corrected chi connectivity index (χ4v) is 3.81. The molecule has 128 valence electrons. The Morgan fingerprint density at radius 2 is 2.00 bits per heavy atom. The summed E-state index contributed by atoms with van der Waals surface area (Å²) in [6.07, 6.45) is 1.55. The maximum atomic E-state index is 12.9. The van der Waals surface area contributed by atoms with E-state index < -0.39 is 11.5 Å². The fraction of sp³-hybridized carbons (Fsp3) is 0.450. The second-order valence-electron chi connectivity index (χ2n) is 6.86. The zero-order valence-electron chi connectivity index (χ0n) is 14.1. The third kappa shape index (κ3) is 3.04. The largest absolute Gasteiger partial charge is 0.396 e. The molecule has 1 saturated heterocycles. The van der Waals surface area contributed by atoms with E-state index in [4.69, 9.17) is 0 Å². The molecule has 0 spiro atoms. The molecule has 2 N–H and O–H groups in total. The van der Waals surface area contributed by atoms with E-state index in [1.807, 2.05) is 49.4 Å². The lowest BCUT2D eigenvalue weighted by Gasteiger charge is -2.45. The van der Waals surface area contributed by atoms with Crippen LogP contribution in [0, 0.1) is 5.41 Å². The van der Waals surface area contributed by atoms with Crippen LogP contribution in [-0.2, 0) is 0 Å². The number of hydrogen-bond donors (Lipinski definition) is 2. The second kappa shape index (κ2) is 6.91. The molecule has 2 aromatic rings. The van der Waals surface area contributed by atoms with Gasteiger partial charge in [-0.3, -0.25) is 4.79 Å². The number of rotatable bonds is 4. The fourth-order valence-electron chi connectivity index (χ4n) is 3.81. The number of fused-ring (bicyclic) bond motifs is 1. The Labute approximate surface area is 142 Å². The van der Waals surface area contributed by atoms with Crippen LogP contribution in [0.1, 0.15) is 36.5 Å². The van der Waals surface area contributed by atoms with Crippen LogP contribution in [0.5, 0.6) is 0 Å². The summed E-state index contributed by atoms with van der Waals surface area (Å²) < 4.78 is 0. The number of aliphatic hydroxyl groups excluding tert-OH is 2. The van der Waals surface area contributed by atoms with Gasteiger partial charge in [-0.1, -0.05) is 43.7 Å². The Morgan fingerprint density at radius 1 is 1.25 bits per heavy atom. The number of carbonyl (C=O) groups is 1. The van der Waals surface area contributed by atoms with Gasteiger partial charge < -0.3 is 15.1 Å². The Kier molecular flexibility index (Phi) is 4.88. The van der Waals surface area contributed by atoms with Crippen LogP contribution in [0.15, 0.2) is 42.5 Å². The Hall–Kier alpha value is -1.91. The molecule has 1 fully saturated rings. The lowest BCUT2D eigenvalue weighted by molar-refractivity contribution is -0.0720. The third-order valence-electron chi connectivity index (χ3n) is 5.23. The van der Waals surface area contributed by atoms with Gasteiger partial charge in [0, 0.05) is 24.1 Å². The number of aliphatic hydroxyl groups is 2. The van der Waals surface area contributed by atoms with Gasteiger partial charge in [0.05, 0.1) is 12.7 Å². The monoisotopic (exact) mass is 327 g/mol. The molecule has 2 aromatic carbocycles. The predicted octanol–water partition coefficient (Wildman–Crippen LogP) is 2.83. The van der Waals surface area contributed by atoms with Gasteiger partial charge in [-0.15, -0.1) is 0 Å². The van der Waals surface area contributed by atoms with Crippen molar-refractivity contribution >= 4 is 16.7 Å². The highest BCUT2D eigenvalue weighted by Gasteiger charge is 2.43. The number of carbonyl (C=O) groups excluding carboxylic acids is 1. The minimum atomic E-state index is -0.598. The van der Waals surface area contributed by atoms with Crippen LogP contribution in [0.3, 0.4) is 0 Å². The summed E-state index contributed by atoms with van der Waals surface area (Å²) in [5.74, 6) is -0.0263. The minimum Gasteiger partial charge on any atom is -0.396 e. The average molecular weight is 327 g/mol. The van der Waals surface area contributed by atoms with Crippen molar-refractivity contribution in [2.75, 3.05) is 19.7 Å². The Morgan fingerprint density at radius 3 is 2.71 bits per heavy atom. The van der Waals surface area contributed by atoms with Crippen molar-refractivity contribution < 1.29 is 15.0 Å². The van der Waals surface area contributed by atoms with Crippen molar-refractivity contribution in [3.63, 3.8) is 0 Å². The summed E-state index contributed by atoms with van der Waals surface area (Å²) in [7, 11) is 0. The van der Waals surface area contributed by atoms with Crippen molar-refractivity contribution in [2.45, 2.75) is 32.3 Å². The van der Waals surface area contributed by atoms with Crippen LogP contribution in [0.25, 0.3) is 10.8 Å². The molecular formula is C20H25NO3. The number of nitrogens with zero attached hydrogens (tertiary/aromatic N) is 1.